The molecule has 0 spiro atoms. The number of carbonyl (C=O) groups excluding carboxylic acids is 1. The van der Waals surface area contributed by atoms with Crippen LogP contribution in [0.4, 0.5) is 5.69 Å². The zero-order valence-corrected chi connectivity index (χ0v) is 13.2. The van der Waals surface area contributed by atoms with E-state index in [2.05, 4.69) is 15.3 Å². The Hall–Kier alpha value is -1.50. The molecule has 0 aliphatic heterocycles. The van der Waals surface area contributed by atoms with E-state index in [0.29, 0.717) is 20.9 Å². The minimum absolute atomic E-state index is 0.266. The summed E-state index contributed by atoms with van der Waals surface area (Å²) in [5.74, 6) is -0.268. The number of anilines is 1. The first-order valence-electron chi connectivity index (χ1n) is 5.93. The van der Waals surface area contributed by atoms with E-state index in [1.54, 1.807) is 25.1 Å². The van der Waals surface area contributed by atoms with E-state index in [0.717, 1.165) is 11.8 Å². The summed E-state index contributed by atoms with van der Waals surface area (Å²) < 4.78 is 0. The lowest BCUT2D eigenvalue weighted by Crippen LogP contribution is -2.23. The van der Waals surface area contributed by atoms with Crippen LogP contribution in [0.15, 0.2) is 40.4 Å². The summed E-state index contributed by atoms with van der Waals surface area (Å²) in [6.07, 6.45) is 1.39. The molecule has 2 rings (SSSR count). The van der Waals surface area contributed by atoms with Crippen molar-refractivity contribution < 1.29 is 4.79 Å². The number of aromatic amines is 1. The number of benzene rings is 1. The zero-order valence-electron chi connectivity index (χ0n) is 10.9. The average molecular weight is 344 g/mol. The van der Waals surface area contributed by atoms with Crippen molar-refractivity contribution in [2.75, 3.05) is 5.32 Å². The van der Waals surface area contributed by atoms with Crippen molar-refractivity contribution in [3.63, 3.8) is 0 Å². The van der Waals surface area contributed by atoms with Crippen LogP contribution in [0.25, 0.3) is 0 Å². The Morgan fingerprint density at radius 1 is 1.38 bits per heavy atom. The van der Waals surface area contributed by atoms with Crippen molar-refractivity contribution in [1.82, 2.24) is 9.97 Å². The largest absolute Gasteiger partial charge is 0.324 e. The normalized spacial score (nSPS) is 12.0. The fourth-order valence-electron chi connectivity index (χ4n) is 1.46. The molecular formula is C13H11Cl2N3O2S. The van der Waals surface area contributed by atoms with Crippen molar-refractivity contribution in [3.05, 3.63) is 50.9 Å². The maximum atomic E-state index is 12.1. The van der Waals surface area contributed by atoms with Crippen LogP contribution in [-0.2, 0) is 4.79 Å². The summed E-state index contributed by atoms with van der Waals surface area (Å²) in [5.41, 5.74) is 0.175. The Kier molecular flexibility index (Phi) is 5.27. The van der Waals surface area contributed by atoms with Gasteiger partial charge in [-0.3, -0.25) is 9.59 Å². The Labute approximate surface area is 135 Å². The second-order valence-corrected chi connectivity index (χ2v) is 6.29. The molecule has 21 heavy (non-hydrogen) atoms. The van der Waals surface area contributed by atoms with E-state index in [9.17, 15) is 9.59 Å². The molecule has 1 atom stereocenters. The quantitative estimate of drug-likeness (QED) is 0.660. The van der Waals surface area contributed by atoms with Gasteiger partial charge in [-0.2, -0.15) is 0 Å². The van der Waals surface area contributed by atoms with Gasteiger partial charge in [0, 0.05) is 17.3 Å². The Balaban J connectivity index is 2.06. The van der Waals surface area contributed by atoms with Crippen molar-refractivity contribution in [3.8, 4) is 0 Å². The average Bonchev–Trinajstić information content (AvgIpc) is 2.43. The van der Waals surface area contributed by atoms with Crippen LogP contribution in [0.3, 0.4) is 0 Å². The van der Waals surface area contributed by atoms with Gasteiger partial charge in [-0.25, -0.2) is 4.98 Å². The SMILES string of the molecule is C[C@@H](Sc1nccc(=O)[nH]1)C(=O)Nc1cc(Cl)ccc1Cl. The van der Waals surface area contributed by atoms with Crippen LogP contribution in [-0.4, -0.2) is 21.1 Å². The number of nitrogens with zero attached hydrogens (tertiary/aromatic N) is 1. The number of carbonyl (C=O) groups is 1. The summed E-state index contributed by atoms with van der Waals surface area (Å²) in [7, 11) is 0. The highest BCUT2D eigenvalue weighted by Crippen LogP contribution is 2.27. The maximum Gasteiger partial charge on any atom is 0.251 e. The minimum atomic E-state index is -0.467. The monoisotopic (exact) mass is 343 g/mol. The molecule has 2 aromatic rings. The van der Waals surface area contributed by atoms with Crippen molar-refractivity contribution in [2.24, 2.45) is 0 Å². The topological polar surface area (TPSA) is 74.8 Å². The molecule has 0 bridgehead atoms. The van der Waals surface area contributed by atoms with Crippen LogP contribution >= 0.6 is 35.0 Å². The van der Waals surface area contributed by atoms with E-state index in [1.165, 1.54) is 12.3 Å². The molecule has 0 aliphatic rings. The van der Waals surface area contributed by atoms with E-state index < -0.39 is 5.25 Å². The second kappa shape index (κ2) is 6.98. The first kappa shape index (κ1) is 15.9. The van der Waals surface area contributed by atoms with Gasteiger partial charge in [0.25, 0.3) is 5.56 Å². The van der Waals surface area contributed by atoms with Gasteiger partial charge < -0.3 is 10.3 Å². The third kappa shape index (κ3) is 4.49. The number of hydrogen-bond acceptors (Lipinski definition) is 4. The van der Waals surface area contributed by atoms with Crippen LogP contribution in [0.1, 0.15) is 6.92 Å². The van der Waals surface area contributed by atoms with Gasteiger partial charge in [-0.15, -0.1) is 0 Å². The first-order valence-corrected chi connectivity index (χ1v) is 7.57. The third-order valence-corrected chi connectivity index (χ3v) is 4.05. The molecule has 8 heteroatoms. The van der Waals surface area contributed by atoms with E-state index >= 15 is 0 Å². The lowest BCUT2D eigenvalue weighted by molar-refractivity contribution is -0.115. The molecule has 0 radical (unpaired) electrons. The predicted molar refractivity (Wildman–Crippen MR) is 85.3 cm³/mol. The minimum Gasteiger partial charge on any atom is -0.324 e. The Morgan fingerprint density at radius 3 is 2.86 bits per heavy atom. The number of thioether (sulfide) groups is 1. The number of aromatic nitrogens is 2. The number of halogens is 2. The van der Waals surface area contributed by atoms with Gasteiger partial charge in [-0.1, -0.05) is 35.0 Å². The molecule has 0 aliphatic carbocycles. The number of hydrogen-bond donors (Lipinski definition) is 2. The Morgan fingerprint density at radius 2 is 2.14 bits per heavy atom. The molecule has 0 unspecified atom stereocenters. The summed E-state index contributed by atoms with van der Waals surface area (Å²) in [6, 6.07) is 6.12. The molecule has 110 valence electrons. The highest BCUT2D eigenvalue weighted by molar-refractivity contribution is 8.00. The fraction of sp³-hybridized carbons (Fsp3) is 0.154. The van der Waals surface area contributed by atoms with Crippen LogP contribution in [0.5, 0.6) is 0 Å². The van der Waals surface area contributed by atoms with Gasteiger partial charge in [0.1, 0.15) is 0 Å². The van der Waals surface area contributed by atoms with Crippen molar-refractivity contribution >= 4 is 46.6 Å². The molecule has 1 amide bonds. The van der Waals surface area contributed by atoms with Gasteiger partial charge in [0.05, 0.1) is 16.0 Å². The van der Waals surface area contributed by atoms with Crippen LogP contribution in [0, 0.1) is 0 Å². The molecule has 0 fully saturated rings. The van der Waals surface area contributed by atoms with Gasteiger partial charge in [0.15, 0.2) is 5.16 Å². The molecule has 0 saturated heterocycles. The lowest BCUT2D eigenvalue weighted by Gasteiger charge is -2.12. The highest BCUT2D eigenvalue weighted by Gasteiger charge is 2.17. The number of nitrogens with one attached hydrogen (secondary N) is 2. The van der Waals surface area contributed by atoms with E-state index in [-0.39, 0.29) is 11.5 Å². The molecule has 1 aromatic carbocycles. The smallest absolute Gasteiger partial charge is 0.251 e. The summed E-state index contributed by atoms with van der Waals surface area (Å²) in [6.45, 7) is 1.70. The van der Waals surface area contributed by atoms with Gasteiger partial charge >= 0.3 is 0 Å². The summed E-state index contributed by atoms with van der Waals surface area (Å²) >= 11 is 13.0. The van der Waals surface area contributed by atoms with Gasteiger partial charge in [0.2, 0.25) is 5.91 Å². The van der Waals surface area contributed by atoms with Crippen LogP contribution < -0.4 is 10.9 Å². The number of H-pyrrole nitrogens is 1. The molecule has 1 aromatic heterocycles. The van der Waals surface area contributed by atoms with E-state index in [1.807, 2.05) is 0 Å². The standard InChI is InChI=1S/C13H11Cl2N3O2S/c1-7(21-13-16-5-4-11(19)18-13)12(20)17-10-6-8(14)2-3-9(10)15/h2-7H,1H3,(H,17,20)(H,16,18,19)/t7-/m1/s1. The number of rotatable bonds is 4. The number of amides is 1. The van der Waals surface area contributed by atoms with E-state index in [4.69, 9.17) is 23.2 Å². The zero-order chi connectivity index (χ0) is 15.4. The molecule has 5 nitrogen and oxygen atoms in total. The first-order chi connectivity index (χ1) is 9.95. The highest BCUT2D eigenvalue weighted by atomic mass is 35.5. The lowest BCUT2D eigenvalue weighted by atomic mass is 10.3. The fourth-order valence-corrected chi connectivity index (χ4v) is 2.58. The summed E-state index contributed by atoms with van der Waals surface area (Å²) in [4.78, 5) is 29.8. The summed E-state index contributed by atoms with van der Waals surface area (Å²) in [5, 5.41) is 3.48. The molecule has 1 heterocycles. The third-order valence-electron chi connectivity index (χ3n) is 2.49. The molecule has 2 N–H and O–H groups in total. The van der Waals surface area contributed by atoms with Crippen molar-refractivity contribution in [2.45, 2.75) is 17.3 Å². The maximum absolute atomic E-state index is 12.1. The molecule has 0 saturated carbocycles. The van der Waals surface area contributed by atoms with Gasteiger partial charge in [-0.05, 0) is 25.1 Å². The Bertz CT molecular complexity index is 721. The van der Waals surface area contributed by atoms with Crippen LogP contribution in [0.2, 0.25) is 10.0 Å². The van der Waals surface area contributed by atoms with Crippen molar-refractivity contribution in [1.29, 1.82) is 0 Å². The second-order valence-electron chi connectivity index (χ2n) is 4.11. The molecular weight excluding hydrogens is 333 g/mol. The predicted octanol–water partition coefficient (Wildman–Crippen LogP) is 3.20.